The van der Waals surface area contributed by atoms with Crippen molar-refractivity contribution in [2.75, 3.05) is 26.2 Å². The predicted octanol–water partition coefficient (Wildman–Crippen LogP) is 2.71. The third-order valence-electron chi connectivity index (χ3n) is 5.10. The van der Waals surface area contributed by atoms with Gasteiger partial charge in [-0.1, -0.05) is 18.6 Å². The lowest BCUT2D eigenvalue weighted by Crippen LogP contribution is -2.42. The fourth-order valence-corrected chi connectivity index (χ4v) is 3.88. The minimum Gasteiger partial charge on any atom is -0.340 e. The highest BCUT2D eigenvalue weighted by molar-refractivity contribution is 5.79. The second-order valence-electron chi connectivity index (χ2n) is 6.72. The molecule has 5 heteroatoms. The van der Waals surface area contributed by atoms with E-state index in [1.165, 1.54) is 19.3 Å². The van der Waals surface area contributed by atoms with Crippen molar-refractivity contribution in [2.45, 2.75) is 38.1 Å². The van der Waals surface area contributed by atoms with Crippen LogP contribution >= 0.6 is 0 Å². The van der Waals surface area contributed by atoms with Crippen LogP contribution in [0.25, 0.3) is 11.0 Å². The Hall–Kier alpha value is -1.88. The summed E-state index contributed by atoms with van der Waals surface area (Å²) in [5, 5.41) is 0. The molecule has 2 aliphatic rings. The van der Waals surface area contributed by atoms with Crippen LogP contribution in [0.15, 0.2) is 24.3 Å². The first-order chi connectivity index (χ1) is 11.3. The van der Waals surface area contributed by atoms with Gasteiger partial charge in [-0.05, 0) is 50.9 Å². The molecule has 0 bridgehead atoms. The maximum atomic E-state index is 12.8. The van der Waals surface area contributed by atoms with Crippen LogP contribution in [0.4, 0.5) is 0 Å². The molecule has 1 atom stereocenters. The molecular formula is C18H24N4O. The van der Waals surface area contributed by atoms with Crippen molar-refractivity contribution in [3.63, 3.8) is 0 Å². The van der Waals surface area contributed by atoms with Gasteiger partial charge in [-0.2, -0.15) is 0 Å². The molecule has 5 nitrogen and oxygen atoms in total. The minimum absolute atomic E-state index is 0.111. The molecule has 2 aromatic rings. The summed E-state index contributed by atoms with van der Waals surface area (Å²) in [5.41, 5.74) is 2.04. The number of rotatable bonds is 3. The Morgan fingerprint density at radius 2 is 1.96 bits per heavy atom. The summed E-state index contributed by atoms with van der Waals surface area (Å²) in [4.78, 5) is 25.2. The van der Waals surface area contributed by atoms with Gasteiger partial charge in [-0.15, -0.1) is 0 Å². The number of fused-ring (bicyclic) bond motifs is 1. The number of aromatic nitrogens is 2. The lowest BCUT2D eigenvalue weighted by molar-refractivity contribution is -0.133. The Bertz CT molecular complexity index is 656. The molecule has 1 N–H and O–H groups in total. The van der Waals surface area contributed by atoms with Gasteiger partial charge >= 0.3 is 0 Å². The van der Waals surface area contributed by atoms with Crippen LogP contribution in [-0.2, 0) is 4.79 Å². The summed E-state index contributed by atoms with van der Waals surface area (Å²) < 4.78 is 0. The average Bonchev–Trinajstić information content (AvgIpc) is 3.22. The topological polar surface area (TPSA) is 52.2 Å². The van der Waals surface area contributed by atoms with Gasteiger partial charge in [0.05, 0.1) is 23.6 Å². The molecule has 4 rings (SSSR count). The second-order valence-corrected chi connectivity index (χ2v) is 6.72. The zero-order valence-corrected chi connectivity index (χ0v) is 13.5. The van der Waals surface area contributed by atoms with Gasteiger partial charge in [0.25, 0.3) is 0 Å². The van der Waals surface area contributed by atoms with E-state index in [1.54, 1.807) is 0 Å². The third-order valence-corrected chi connectivity index (χ3v) is 5.10. The smallest absolute Gasteiger partial charge is 0.237 e. The van der Waals surface area contributed by atoms with E-state index in [2.05, 4.69) is 9.88 Å². The maximum Gasteiger partial charge on any atom is 0.237 e. The first-order valence-electron chi connectivity index (χ1n) is 8.78. The maximum absolute atomic E-state index is 12.8. The number of para-hydroxylation sites is 2. The zero-order chi connectivity index (χ0) is 15.6. The normalized spacial score (nSPS) is 22.8. The summed E-state index contributed by atoms with van der Waals surface area (Å²) in [5.74, 6) is 1.20. The van der Waals surface area contributed by atoms with Crippen molar-refractivity contribution in [1.29, 1.82) is 0 Å². The Kier molecular flexibility index (Phi) is 4.04. The summed E-state index contributed by atoms with van der Waals surface area (Å²) in [7, 11) is 0. The molecular weight excluding hydrogens is 288 g/mol. The van der Waals surface area contributed by atoms with E-state index in [4.69, 9.17) is 4.98 Å². The fourth-order valence-electron chi connectivity index (χ4n) is 3.88. The van der Waals surface area contributed by atoms with Gasteiger partial charge in [0.1, 0.15) is 5.82 Å². The van der Waals surface area contributed by atoms with Crippen molar-refractivity contribution < 1.29 is 4.79 Å². The van der Waals surface area contributed by atoms with Crippen LogP contribution < -0.4 is 0 Å². The number of nitrogens with one attached hydrogen (secondary N) is 1. The van der Waals surface area contributed by atoms with Gasteiger partial charge in [0, 0.05) is 6.54 Å². The van der Waals surface area contributed by atoms with Gasteiger partial charge in [0.2, 0.25) is 5.91 Å². The average molecular weight is 312 g/mol. The van der Waals surface area contributed by atoms with Crippen LogP contribution in [0.2, 0.25) is 0 Å². The number of aromatic amines is 1. The second kappa shape index (κ2) is 6.32. The number of nitrogens with zero attached hydrogens (tertiary/aromatic N) is 3. The lowest BCUT2D eigenvalue weighted by atomic mass is 10.1. The van der Waals surface area contributed by atoms with Crippen LogP contribution in [0.5, 0.6) is 0 Å². The van der Waals surface area contributed by atoms with Crippen LogP contribution in [0.1, 0.15) is 44.0 Å². The molecule has 2 saturated heterocycles. The van der Waals surface area contributed by atoms with E-state index in [1.807, 2.05) is 29.2 Å². The van der Waals surface area contributed by atoms with E-state index in [-0.39, 0.29) is 11.9 Å². The lowest BCUT2D eigenvalue weighted by Gasteiger charge is -2.30. The van der Waals surface area contributed by atoms with Crippen molar-refractivity contribution in [3.8, 4) is 0 Å². The highest BCUT2D eigenvalue weighted by Gasteiger charge is 2.32. The molecule has 0 radical (unpaired) electrons. The van der Waals surface area contributed by atoms with Gasteiger partial charge < -0.3 is 9.88 Å². The molecule has 0 saturated carbocycles. The number of piperidine rings is 1. The quantitative estimate of drug-likeness (QED) is 0.948. The number of benzene rings is 1. The summed E-state index contributed by atoms with van der Waals surface area (Å²) in [6, 6.07) is 8.18. The fraction of sp³-hybridized carbons (Fsp3) is 0.556. The number of H-pyrrole nitrogens is 1. The summed E-state index contributed by atoms with van der Waals surface area (Å²) in [6.07, 6.45) is 5.82. The number of amides is 1. The third kappa shape index (κ3) is 2.98. The van der Waals surface area contributed by atoms with Crippen molar-refractivity contribution in [3.05, 3.63) is 30.1 Å². The highest BCUT2D eigenvalue weighted by atomic mass is 16.2. The molecule has 0 aliphatic carbocycles. The first-order valence-corrected chi connectivity index (χ1v) is 8.78. The molecule has 2 fully saturated rings. The standard InChI is InChI=1S/C18H24N4O/c23-17(13-21-10-4-1-5-11-21)22-12-6-9-16(22)18-19-14-7-2-3-8-15(14)20-18/h2-3,7-8,16H,1,4-6,9-13H2,(H,19,20). The van der Waals surface area contributed by atoms with E-state index >= 15 is 0 Å². The van der Waals surface area contributed by atoms with Crippen LogP contribution in [-0.4, -0.2) is 51.9 Å². The van der Waals surface area contributed by atoms with E-state index in [0.29, 0.717) is 6.54 Å². The Balaban J connectivity index is 1.50. The van der Waals surface area contributed by atoms with Gasteiger partial charge in [0.15, 0.2) is 0 Å². The molecule has 23 heavy (non-hydrogen) atoms. The van der Waals surface area contributed by atoms with Crippen molar-refractivity contribution in [1.82, 2.24) is 19.8 Å². The Morgan fingerprint density at radius 1 is 1.13 bits per heavy atom. The molecule has 0 spiro atoms. The first kappa shape index (κ1) is 14.7. The van der Waals surface area contributed by atoms with E-state index in [0.717, 1.165) is 49.3 Å². The van der Waals surface area contributed by atoms with Gasteiger partial charge in [-0.25, -0.2) is 4.98 Å². The number of hydrogen-bond donors (Lipinski definition) is 1. The largest absolute Gasteiger partial charge is 0.340 e. The van der Waals surface area contributed by atoms with Crippen molar-refractivity contribution >= 4 is 16.9 Å². The van der Waals surface area contributed by atoms with Crippen molar-refractivity contribution in [2.24, 2.45) is 0 Å². The minimum atomic E-state index is 0.111. The SMILES string of the molecule is O=C(CN1CCCCC1)N1CCCC1c1nc2ccccc2[nH]1. The summed E-state index contributed by atoms with van der Waals surface area (Å²) >= 11 is 0. The van der Waals surface area contributed by atoms with E-state index < -0.39 is 0 Å². The van der Waals surface area contributed by atoms with Gasteiger partial charge in [-0.3, -0.25) is 9.69 Å². The van der Waals surface area contributed by atoms with E-state index in [9.17, 15) is 4.79 Å². The molecule has 3 heterocycles. The number of carbonyl (C=O) groups excluding carboxylic acids is 1. The molecule has 1 unspecified atom stereocenters. The number of carbonyl (C=O) groups is 1. The molecule has 1 aromatic carbocycles. The summed E-state index contributed by atoms with van der Waals surface area (Å²) in [6.45, 7) is 3.55. The Labute approximate surface area is 136 Å². The van der Waals surface area contributed by atoms with Crippen LogP contribution in [0.3, 0.4) is 0 Å². The molecule has 2 aliphatic heterocycles. The monoisotopic (exact) mass is 312 g/mol. The number of imidazole rings is 1. The predicted molar refractivity (Wildman–Crippen MR) is 90.1 cm³/mol. The zero-order valence-electron chi connectivity index (χ0n) is 13.5. The van der Waals surface area contributed by atoms with Crippen LogP contribution in [0, 0.1) is 0 Å². The number of hydrogen-bond acceptors (Lipinski definition) is 3. The number of likely N-dealkylation sites (tertiary alicyclic amines) is 2. The highest BCUT2D eigenvalue weighted by Crippen LogP contribution is 2.31. The molecule has 122 valence electrons. The molecule has 1 aromatic heterocycles. The Morgan fingerprint density at radius 3 is 2.78 bits per heavy atom. The molecule has 1 amide bonds.